The standard InChI is InChI=1S/C22H27ClN2O3/c1-27-22(26)16-28-13-12-25-11-10-24-15-21(25)14-17-2-4-18(5-3-17)19-6-8-20(23)9-7-19/h2-9,21,24H,10-16H2,1H3. The van der Waals surface area contributed by atoms with Gasteiger partial charge >= 0.3 is 5.97 Å². The molecule has 0 saturated carbocycles. The van der Waals surface area contributed by atoms with Crippen molar-refractivity contribution >= 4 is 17.6 Å². The van der Waals surface area contributed by atoms with Crippen LogP contribution in [0.5, 0.6) is 0 Å². The number of nitrogens with zero attached hydrogens (tertiary/aromatic N) is 1. The van der Waals surface area contributed by atoms with Gasteiger partial charge in [-0.15, -0.1) is 0 Å². The molecule has 1 atom stereocenters. The number of rotatable bonds is 8. The average molecular weight is 403 g/mol. The number of esters is 1. The lowest BCUT2D eigenvalue weighted by molar-refractivity contribution is -0.146. The minimum atomic E-state index is -0.336. The fraction of sp³-hybridized carbons (Fsp3) is 0.409. The largest absolute Gasteiger partial charge is 0.467 e. The van der Waals surface area contributed by atoms with E-state index in [-0.39, 0.29) is 12.6 Å². The van der Waals surface area contributed by atoms with Gasteiger partial charge in [-0.2, -0.15) is 0 Å². The topological polar surface area (TPSA) is 50.8 Å². The van der Waals surface area contributed by atoms with Gasteiger partial charge in [0.2, 0.25) is 0 Å². The van der Waals surface area contributed by atoms with Crippen LogP contribution < -0.4 is 5.32 Å². The summed E-state index contributed by atoms with van der Waals surface area (Å²) in [4.78, 5) is 13.6. The maximum atomic E-state index is 11.1. The number of carbonyl (C=O) groups excluding carboxylic acids is 1. The number of methoxy groups -OCH3 is 1. The Morgan fingerprint density at radius 3 is 2.50 bits per heavy atom. The fourth-order valence-electron chi connectivity index (χ4n) is 3.44. The highest BCUT2D eigenvalue weighted by atomic mass is 35.5. The van der Waals surface area contributed by atoms with Crippen LogP contribution in [0.2, 0.25) is 5.02 Å². The van der Waals surface area contributed by atoms with Crippen LogP contribution in [0.1, 0.15) is 5.56 Å². The zero-order valence-electron chi connectivity index (χ0n) is 16.2. The van der Waals surface area contributed by atoms with Gasteiger partial charge < -0.3 is 14.8 Å². The lowest BCUT2D eigenvalue weighted by Gasteiger charge is -2.36. The molecule has 0 bridgehead atoms. The number of hydrogen-bond donors (Lipinski definition) is 1. The van der Waals surface area contributed by atoms with Crippen LogP contribution in [0.3, 0.4) is 0 Å². The predicted molar refractivity (Wildman–Crippen MR) is 112 cm³/mol. The van der Waals surface area contributed by atoms with Crippen LogP contribution in [0.15, 0.2) is 48.5 Å². The molecule has 0 radical (unpaired) electrons. The lowest BCUT2D eigenvalue weighted by Crippen LogP contribution is -2.53. The maximum absolute atomic E-state index is 11.1. The van der Waals surface area contributed by atoms with Crippen LogP contribution in [-0.4, -0.2) is 63.4 Å². The second kappa shape index (κ2) is 10.6. The summed E-state index contributed by atoms with van der Waals surface area (Å²) < 4.78 is 10.0. The molecule has 1 heterocycles. The summed E-state index contributed by atoms with van der Waals surface area (Å²) in [5.74, 6) is -0.336. The molecular weight excluding hydrogens is 376 g/mol. The van der Waals surface area contributed by atoms with Crippen molar-refractivity contribution in [3.05, 3.63) is 59.1 Å². The molecule has 1 N–H and O–H groups in total. The van der Waals surface area contributed by atoms with Gasteiger partial charge in [-0.05, 0) is 35.2 Å². The van der Waals surface area contributed by atoms with Crippen molar-refractivity contribution in [1.82, 2.24) is 10.2 Å². The quantitative estimate of drug-likeness (QED) is 0.543. The molecule has 0 aliphatic carbocycles. The van der Waals surface area contributed by atoms with Gasteiger partial charge in [0, 0.05) is 37.2 Å². The van der Waals surface area contributed by atoms with E-state index in [2.05, 4.69) is 39.2 Å². The number of halogens is 1. The SMILES string of the molecule is COC(=O)COCCN1CCNCC1Cc1ccc(-c2ccc(Cl)cc2)cc1. The van der Waals surface area contributed by atoms with Gasteiger partial charge in [0.15, 0.2) is 0 Å². The third kappa shape index (κ3) is 6.04. The number of nitrogens with one attached hydrogen (secondary N) is 1. The van der Waals surface area contributed by atoms with E-state index >= 15 is 0 Å². The summed E-state index contributed by atoms with van der Waals surface area (Å²) in [6, 6.07) is 17.1. The van der Waals surface area contributed by atoms with Crippen LogP contribution in [0, 0.1) is 0 Å². The van der Waals surface area contributed by atoms with Crippen molar-refractivity contribution in [2.45, 2.75) is 12.5 Å². The summed E-state index contributed by atoms with van der Waals surface area (Å²) in [7, 11) is 1.37. The van der Waals surface area contributed by atoms with E-state index in [1.807, 2.05) is 24.3 Å². The van der Waals surface area contributed by atoms with Gasteiger partial charge in [0.1, 0.15) is 6.61 Å². The Kier molecular flexibility index (Phi) is 7.86. The normalized spacial score (nSPS) is 17.4. The first-order valence-electron chi connectivity index (χ1n) is 9.60. The molecule has 1 unspecified atom stereocenters. The molecule has 5 nitrogen and oxygen atoms in total. The highest BCUT2D eigenvalue weighted by Gasteiger charge is 2.22. The number of hydrogen-bond acceptors (Lipinski definition) is 5. The molecule has 28 heavy (non-hydrogen) atoms. The zero-order chi connectivity index (χ0) is 19.8. The number of ether oxygens (including phenoxy) is 2. The summed E-state index contributed by atoms with van der Waals surface area (Å²) >= 11 is 5.97. The van der Waals surface area contributed by atoms with Crippen molar-refractivity contribution < 1.29 is 14.3 Å². The Balaban J connectivity index is 1.54. The first kappa shape index (κ1) is 20.8. The van der Waals surface area contributed by atoms with Crippen LogP contribution in [0.25, 0.3) is 11.1 Å². The molecule has 0 spiro atoms. The second-order valence-corrected chi connectivity index (χ2v) is 7.37. The van der Waals surface area contributed by atoms with E-state index in [0.717, 1.165) is 37.6 Å². The van der Waals surface area contributed by atoms with Gasteiger partial charge in [0.05, 0.1) is 13.7 Å². The Labute approximate surface area is 171 Å². The molecule has 2 aromatic carbocycles. The third-order valence-corrected chi connectivity index (χ3v) is 5.30. The van der Waals surface area contributed by atoms with Gasteiger partial charge in [-0.3, -0.25) is 4.90 Å². The van der Waals surface area contributed by atoms with Gasteiger partial charge in [0.25, 0.3) is 0 Å². The summed E-state index contributed by atoms with van der Waals surface area (Å²) in [6.07, 6.45) is 0.977. The number of benzene rings is 2. The van der Waals surface area contributed by atoms with Crippen LogP contribution in [0.4, 0.5) is 0 Å². The van der Waals surface area contributed by atoms with Crippen molar-refractivity contribution in [2.24, 2.45) is 0 Å². The molecule has 1 aliphatic rings. The summed E-state index contributed by atoms with van der Waals surface area (Å²) in [5, 5.41) is 4.23. The first-order chi connectivity index (χ1) is 13.7. The summed E-state index contributed by atoms with van der Waals surface area (Å²) in [6.45, 7) is 4.26. The first-order valence-corrected chi connectivity index (χ1v) is 9.97. The molecule has 2 aromatic rings. The van der Waals surface area contributed by atoms with Gasteiger partial charge in [-0.25, -0.2) is 4.79 Å². The van der Waals surface area contributed by atoms with Crippen molar-refractivity contribution in [3.8, 4) is 11.1 Å². The van der Waals surface area contributed by atoms with E-state index in [9.17, 15) is 4.79 Å². The molecule has 3 rings (SSSR count). The molecule has 1 saturated heterocycles. The minimum Gasteiger partial charge on any atom is -0.467 e. The van der Waals surface area contributed by atoms with Crippen LogP contribution >= 0.6 is 11.6 Å². The smallest absolute Gasteiger partial charge is 0.331 e. The van der Waals surface area contributed by atoms with E-state index in [4.69, 9.17) is 16.3 Å². The number of carbonyl (C=O) groups is 1. The summed E-state index contributed by atoms with van der Waals surface area (Å²) in [5.41, 5.74) is 3.67. The van der Waals surface area contributed by atoms with Crippen molar-refractivity contribution in [2.75, 3.05) is 46.5 Å². The van der Waals surface area contributed by atoms with E-state index in [1.54, 1.807) is 0 Å². The minimum absolute atomic E-state index is 0.0133. The molecule has 1 aliphatic heterocycles. The molecule has 1 fully saturated rings. The monoisotopic (exact) mass is 402 g/mol. The van der Waals surface area contributed by atoms with Crippen LogP contribution in [-0.2, 0) is 20.7 Å². The number of piperazine rings is 1. The Hall–Kier alpha value is -1.92. The predicted octanol–water partition coefficient (Wildman–Crippen LogP) is 3.01. The third-order valence-electron chi connectivity index (χ3n) is 5.05. The zero-order valence-corrected chi connectivity index (χ0v) is 17.0. The average Bonchev–Trinajstić information content (AvgIpc) is 2.73. The fourth-order valence-corrected chi connectivity index (χ4v) is 3.57. The highest BCUT2D eigenvalue weighted by molar-refractivity contribution is 6.30. The molecule has 150 valence electrons. The Morgan fingerprint density at radius 1 is 1.14 bits per heavy atom. The molecular formula is C22H27ClN2O3. The second-order valence-electron chi connectivity index (χ2n) is 6.93. The Morgan fingerprint density at radius 2 is 1.82 bits per heavy atom. The van der Waals surface area contributed by atoms with Gasteiger partial charge in [-0.1, -0.05) is 48.0 Å². The lowest BCUT2D eigenvalue weighted by atomic mass is 9.99. The van der Waals surface area contributed by atoms with E-state index in [1.165, 1.54) is 23.8 Å². The molecule has 0 amide bonds. The molecule has 0 aromatic heterocycles. The highest BCUT2D eigenvalue weighted by Crippen LogP contribution is 2.22. The van der Waals surface area contributed by atoms with Crippen molar-refractivity contribution in [3.63, 3.8) is 0 Å². The maximum Gasteiger partial charge on any atom is 0.331 e. The van der Waals surface area contributed by atoms with Crippen molar-refractivity contribution in [1.29, 1.82) is 0 Å². The molecule has 6 heteroatoms. The van der Waals surface area contributed by atoms with E-state index < -0.39 is 0 Å². The van der Waals surface area contributed by atoms with E-state index in [0.29, 0.717) is 12.6 Å². The Bertz CT molecular complexity index is 749.